The highest BCUT2D eigenvalue weighted by Gasteiger charge is 2.42. The lowest BCUT2D eigenvalue weighted by Crippen LogP contribution is -2.26. The number of aliphatic carboxylic acids is 1. The zero-order valence-electron chi connectivity index (χ0n) is 21.2. The first kappa shape index (κ1) is 25.7. The normalized spacial score (nSPS) is 20.8. The van der Waals surface area contributed by atoms with Crippen LogP contribution in [0.1, 0.15) is 112 Å². The Labute approximate surface area is 212 Å². The largest absolute Gasteiger partial charge is 0.481 e. The fourth-order valence-corrected chi connectivity index (χ4v) is 5.74. The molecule has 35 heavy (non-hydrogen) atoms. The molecule has 0 bridgehead atoms. The maximum Gasteiger partial charge on any atom is 0.303 e. The smallest absolute Gasteiger partial charge is 0.303 e. The molecule has 0 spiro atoms. The van der Waals surface area contributed by atoms with Crippen LogP contribution in [0.4, 0.5) is 5.69 Å². The summed E-state index contributed by atoms with van der Waals surface area (Å²) >= 11 is 6.30. The summed E-state index contributed by atoms with van der Waals surface area (Å²) < 4.78 is 5.95. The van der Waals surface area contributed by atoms with E-state index in [0.29, 0.717) is 40.3 Å². The number of rotatable bonds is 10. The van der Waals surface area contributed by atoms with Gasteiger partial charge in [-0.15, -0.1) is 0 Å². The van der Waals surface area contributed by atoms with E-state index in [0.717, 1.165) is 48.3 Å². The van der Waals surface area contributed by atoms with E-state index in [1.807, 2.05) is 13.0 Å². The lowest BCUT2D eigenvalue weighted by molar-refractivity contribution is -0.137. The van der Waals surface area contributed by atoms with Gasteiger partial charge in [-0.3, -0.25) is 9.59 Å². The zero-order chi connectivity index (χ0) is 25.3. The fourth-order valence-electron chi connectivity index (χ4n) is 5.46. The van der Waals surface area contributed by atoms with Crippen molar-refractivity contribution in [3.63, 3.8) is 0 Å². The summed E-state index contributed by atoms with van der Waals surface area (Å²) in [5, 5.41) is 17.2. The number of nitrogens with zero attached hydrogens (tertiary/aromatic N) is 1. The molecule has 1 aromatic carbocycles. The van der Waals surface area contributed by atoms with Gasteiger partial charge in [0.05, 0.1) is 16.4 Å². The van der Waals surface area contributed by atoms with E-state index in [4.69, 9.17) is 16.1 Å². The topological polar surface area (TPSA) is 92.4 Å². The molecule has 6 nitrogen and oxygen atoms in total. The second-order valence-electron chi connectivity index (χ2n) is 11.8. The van der Waals surface area contributed by atoms with Crippen LogP contribution >= 0.6 is 11.6 Å². The van der Waals surface area contributed by atoms with Crippen LogP contribution in [0.3, 0.4) is 0 Å². The molecule has 0 radical (unpaired) electrons. The fraction of sp³-hybridized carbons (Fsp3) is 0.607. The Balaban J connectivity index is 1.51. The number of hydrogen-bond donors (Lipinski definition) is 2. The molecule has 1 amide bonds. The number of amides is 1. The Hall–Kier alpha value is -2.34. The highest BCUT2D eigenvalue weighted by atomic mass is 35.5. The summed E-state index contributed by atoms with van der Waals surface area (Å²) in [4.78, 5) is 24.4. The summed E-state index contributed by atoms with van der Waals surface area (Å²) in [6, 6.07) is 5.49. The van der Waals surface area contributed by atoms with Gasteiger partial charge in [0, 0.05) is 30.2 Å². The van der Waals surface area contributed by atoms with Crippen LogP contribution < -0.4 is 5.32 Å². The molecule has 0 saturated heterocycles. The zero-order valence-corrected chi connectivity index (χ0v) is 22.0. The molecule has 2 aliphatic rings. The molecule has 2 N–H and O–H groups in total. The summed E-state index contributed by atoms with van der Waals surface area (Å²) in [5.74, 6) is 1.08. The van der Waals surface area contributed by atoms with E-state index < -0.39 is 5.97 Å². The highest BCUT2D eigenvalue weighted by molar-refractivity contribution is 6.33. The van der Waals surface area contributed by atoms with E-state index in [9.17, 15) is 14.7 Å². The number of carbonyl (C=O) groups is 2. The average Bonchev–Trinajstić information content (AvgIpc) is 3.47. The number of carboxylic acids is 1. The van der Waals surface area contributed by atoms with Gasteiger partial charge in [0.15, 0.2) is 0 Å². The summed E-state index contributed by atoms with van der Waals surface area (Å²) in [7, 11) is 0. The number of carbonyl (C=O) groups excluding carboxylic acids is 1. The summed E-state index contributed by atoms with van der Waals surface area (Å²) in [6.45, 7) is 8.79. The second-order valence-corrected chi connectivity index (χ2v) is 12.2. The van der Waals surface area contributed by atoms with Gasteiger partial charge in [-0.1, -0.05) is 43.6 Å². The first-order valence-corrected chi connectivity index (χ1v) is 13.1. The molecule has 190 valence electrons. The van der Waals surface area contributed by atoms with Gasteiger partial charge >= 0.3 is 5.97 Å². The third-order valence-corrected chi connectivity index (χ3v) is 7.51. The number of hydrogen-bond acceptors (Lipinski definition) is 4. The van der Waals surface area contributed by atoms with Crippen LogP contribution in [-0.2, 0) is 9.59 Å². The third-order valence-electron chi connectivity index (χ3n) is 7.20. The average molecular weight is 501 g/mol. The van der Waals surface area contributed by atoms with Crippen molar-refractivity contribution in [1.82, 2.24) is 5.16 Å². The minimum atomic E-state index is -0.877. The van der Waals surface area contributed by atoms with Crippen molar-refractivity contribution in [2.24, 2.45) is 11.3 Å². The molecular weight excluding hydrogens is 464 g/mol. The third kappa shape index (κ3) is 6.66. The molecule has 2 aliphatic carbocycles. The van der Waals surface area contributed by atoms with Gasteiger partial charge in [0.1, 0.15) is 5.76 Å². The van der Waals surface area contributed by atoms with Crippen molar-refractivity contribution >= 4 is 29.2 Å². The van der Waals surface area contributed by atoms with Gasteiger partial charge in [-0.05, 0) is 80.4 Å². The lowest BCUT2D eigenvalue weighted by Gasteiger charge is -2.38. The first-order chi connectivity index (χ1) is 16.5. The van der Waals surface area contributed by atoms with E-state index in [2.05, 4.69) is 31.2 Å². The predicted octanol–water partition coefficient (Wildman–Crippen LogP) is 7.42. The Kier molecular flexibility index (Phi) is 7.60. The predicted molar refractivity (Wildman–Crippen MR) is 137 cm³/mol. The molecule has 1 heterocycles. The Morgan fingerprint density at radius 2 is 1.94 bits per heavy atom. The quantitative estimate of drug-likeness (QED) is 0.354. The summed E-state index contributed by atoms with van der Waals surface area (Å²) in [6.07, 6.45) is 6.06. The SMILES string of the molecule is Cc1ccc(NC(=O)C[C@H](CCC(=O)O)c2noc([C@H]3C[C@@H](CC(C)(C)C)C3)c2C2CC2)c(Cl)c1. The van der Waals surface area contributed by atoms with Crippen molar-refractivity contribution in [3.8, 4) is 0 Å². The molecule has 2 saturated carbocycles. The van der Waals surface area contributed by atoms with Gasteiger partial charge in [0.25, 0.3) is 0 Å². The number of halogens is 1. The Bertz CT molecular complexity index is 1080. The van der Waals surface area contributed by atoms with Crippen molar-refractivity contribution in [3.05, 3.63) is 45.8 Å². The lowest BCUT2D eigenvalue weighted by atomic mass is 9.66. The molecule has 0 unspecified atom stereocenters. The Morgan fingerprint density at radius 1 is 1.23 bits per heavy atom. The van der Waals surface area contributed by atoms with Crippen LogP contribution in [0.15, 0.2) is 22.7 Å². The Morgan fingerprint density at radius 3 is 2.54 bits per heavy atom. The molecule has 7 heteroatoms. The number of anilines is 1. The minimum Gasteiger partial charge on any atom is -0.481 e. The molecule has 1 atom stereocenters. The molecule has 1 aromatic heterocycles. The van der Waals surface area contributed by atoms with Crippen molar-refractivity contribution in [2.75, 3.05) is 5.32 Å². The van der Waals surface area contributed by atoms with Crippen LogP contribution in [0, 0.1) is 18.3 Å². The molecular formula is C28H37ClN2O4. The number of benzene rings is 1. The maximum absolute atomic E-state index is 13.0. The standard InChI is InChI=1S/C28H37ClN2O4/c1-16-5-9-22(21(29)11-16)30-23(32)14-19(8-10-24(33)34)26-25(18-6-7-18)27(35-31-26)20-12-17(13-20)15-28(2,3)4/h5,9,11,17-20H,6-8,10,12-15H2,1-4H3,(H,30,32)(H,33,34)/t17-,19-,20+/m0/s1. The molecule has 2 fully saturated rings. The maximum atomic E-state index is 13.0. The van der Waals surface area contributed by atoms with Crippen molar-refractivity contribution < 1.29 is 19.2 Å². The van der Waals surface area contributed by atoms with Crippen LogP contribution in [0.2, 0.25) is 5.02 Å². The van der Waals surface area contributed by atoms with Crippen LogP contribution in [0.25, 0.3) is 0 Å². The van der Waals surface area contributed by atoms with Gasteiger partial charge < -0.3 is 14.9 Å². The number of aromatic nitrogens is 1. The first-order valence-electron chi connectivity index (χ1n) is 12.8. The monoisotopic (exact) mass is 500 g/mol. The van der Waals surface area contributed by atoms with Crippen LogP contribution in [0.5, 0.6) is 0 Å². The van der Waals surface area contributed by atoms with Crippen LogP contribution in [-0.4, -0.2) is 22.1 Å². The van der Waals surface area contributed by atoms with E-state index >= 15 is 0 Å². The van der Waals surface area contributed by atoms with Gasteiger partial charge in [-0.2, -0.15) is 0 Å². The number of nitrogens with one attached hydrogen (secondary N) is 1. The molecule has 0 aliphatic heterocycles. The molecule has 2 aromatic rings. The van der Waals surface area contributed by atoms with Crippen molar-refractivity contribution in [2.45, 2.75) is 96.8 Å². The highest BCUT2D eigenvalue weighted by Crippen LogP contribution is 2.53. The number of aryl methyl sites for hydroxylation is 1. The van der Waals surface area contributed by atoms with Gasteiger partial charge in [-0.25, -0.2) is 0 Å². The van der Waals surface area contributed by atoms with E-state index in [-0.39, 0.29) is 24.7 Å². The van der Waals surface area contributed by atoms with E-state index in [1.54, 1.807) is 12.1 Å². The van der Waals surface area contributed by atoms with Gasteiger partial charge in [0.2, 0.25) is 5.91 Å². The van der Waals surface area contributed by atoms with E-state index in [1.165, 1.54) is 6.42 Å². The number of carboxylic acid groups (broad SMARTS) is 1. The minimum absolute atomic E-state index is 0.0212. The summed E-state index contributed by atoms with van der Waals surface area (Å²) in [5.41, 5.74) is 3.82. The second kappa shape index (κ2) is 10.3. The molecule has 4 rings (SSSR count). The van der Waals surface area contributed by atoms with Crippen molar-refractivity contribution in [1.29, 1.82) is 0 Å².